The van der Waals surface area contributed by atoms with Crippen molar-refractivity contribution in [3.8, 4) is 11.1 Å². The van der Waals surface area contributed by atoms with Crippen molar-refractivity contribution in [1.82, 2.24) is 14.5 Å². The Bertz CT molecular complexity index is 1350. The fourth-order valence-corrected chi connectivity index (χ4v) is 3.79. The molecule has 0 fully saturated rings. The molecule has 0 radical (unpaired) electrons. The Hall–Kier alpha value is -3.39. The number of aromatic nitrogens is 3. The number of aromatic carboxylic acids is 1. The van der Waals surface area contributed by atoms with Gasteiger partial charge in [-0.2, -0.15) is 13.2 Å². The third-order valence-electron chi connectivity index (χ3n) is 5.25. The first kappa shape index (κ1) is 21.8. The van der Waals surface area contributed by atoms with Crippen LogP contribution in [0, 0.1) is 13.8 Å². The first-order valence-electron chi connectivity index (χ1n) is 9.57. The topological polar surface area (TPSA) is 68.0 Å². The molecule has 0 spiro atoms. The van der Waals surface area contributed by atoms with Crippen molar-refractivity contribution in [3.63, 3.8) is 0 Å². The van der Waals surface area contributed by atoms with Crippen LogP contribution in [0.2, 0.25) is 5.02 Å². The molecule has 4 rings (SSSR count). The predicted molar refractivity (Wildman–Crippen MR) is 115 cm³/mol. The molecule has 0 bridgehead atoms. The van der Waals surface area contributed by atoms with Crippen LogP contribution in [0.1, 0.15) is 33.0 Å². The van der Waals surface area contributed by atoms with Gasteiger partial charge in [-0.25, -0.2) is 9.78 Å². The minimum absolute atomic E-state index is 0.0711. The summed E-state index contributed by atoms with van der Waals surface area (Å²) >= 11 is 6.11. The lowest BCUT2D eigenvalue weighted by atomic mass is 10.0. The lowest BCUT2D eigenvalue weighted by molar-refractivity contribution is -0.137. The second kappa shape index (κ2) is 7.94. The quantitative estimate of drug-likeness (QED) is 0.398. The van der Waals surface area contributed by atoms with E-state index < -0.39 is 17.7 Å². The number of hydrogen-bond acceptors (Lipinski definition) is 3. The average molecular weight is 460 g/mol. The maximum absolute atomic E-state index is 12.9. The number of carboxylic acids is 1. The molecule has 0 saturated carbocycles. The standard InChI is InChI=1S/C23H17ClF3N3O2/c1-12-7-16(14-3-5-15(6-4-14)22(31)32)8-20-21(12)29-13(2)30(20)11-19-18(24)9-17(10-28-19)23(25,26)27/h3-10H,11H2,1-2H3,(H,31,32). The Kier molecular flexibility index (Phi) is 5.42. The zero-order valence-corrected chi connectivity index (χ0v) is 17.8. The van der Waals surface area contributed by atoms with E-state index in [1.807, 2.05) is 23.6 Å². The van der Waals surface area contributed by atoms with Crippen molar-refractivity contribution in [1.29, 1.82) is 0 Å². The van der Waals surface area contributed by atoms with Gasteiger partial charge in [0.2, 0.25) is 0 Å². The normalized spacial score (nSPS) is 11.8. The number of halogens is 4. The second-order valence-electron chi connectivity index (χ2n) is 7.44. The summed E-state index contributed by atoms with van der Waals surface area (Å²) in [5.41, 5.74) is 3.73. The van der Waals surface area contributed by atoms with Crippen molar-refractivity contribution in [2.75, 3.05) is 0 Å². The van der Waals surface area contributed by atoms with Gasteiger partial charge in [-0.3, -0.25) is 4.98 Å². The molecule has 0 aliphatic rings. The van der Waals surface area contributed by atoms with Gasteiger partial charge in [0.1, 0.15) is 5.82 Å². The second-order valence-corrected chi connectivity index (χ2v) is 7.85. The van der Waals surface area contributed by atoms with E-state index in [1.54, 1.807) is 19.1 Å². The first-order valence-corrected chi connectivity index (χ1v) is 9.95. The van der Waals surface area contributed by atoms with Crippen LogP contribution in [0.15, 0.2) is 48.7 Å². The van der Waals surface area contributed by atoms with Crippen molar-refractivity contribution in [2.24, 2.45) is 0 Å². The number of pyridine rings is 1. The van der Waals surface area contributed by atoms with Crippen LogP contribution in [0.5, 0.6) is 0 Å². The minimum Gasteiger partial charge on any atom is -0.478 e. The summed E-state index contributed by atoms with van der Waals surface area (Å²) in [6.45, 7) is 3.87. The molecule has 0 aliphatic carbocycles. The molecule has 0 unspecified atom stereocenters. The maximum Gasteiger partial charge on any atom is 0.417 e. The van der Waals surface area contributed by atoms with Gasteiger partial charge in [0.25, 0.3) is 0 Å². The van der Waals surface area contributed by atoms with E-state index in [4.69, 9.17) is 16.7 Å². The molecule has 164 valence electrons. The molecule has 0 aliphatic heterocycles. The minimum atomic E-state index is -4.52. The summed E-state index contributed by atoms with van der Waals surface area (Å²) in [5, 5.41) is 9.03. The zero-order valence-electron chi connectivity index (χ0n) is 17.0. The molecule has 9 heteroatoms. The maximum atomic E-state index is 12.9. The number of fused-ring (bicyclic) bond motifs is 1. The van der Waals surface area contributed by atoms with Gasteiger partial charge in [0.15, 0.2) is 0 Å². The molecule has 5 nitrogen and oxygen atoms in total. The lowest BCUT2D eigenvalue weighted by Crippen LogP contribution is -2.09. The molecule has 32 heavy (non-hydrogen) atoms. The van der Waals surface area contributed by atoms with Gasteiger partial charge in [0, 0.05) is 6.20 Å². The van der Waals surface area contributed by atoms with Gasteiger partial charge in [0.05, 0.1) is 39.4 Å². The Morgan fingerprint density at radius 2 is 1.78 bits per heavy atom. The van der Waals surface area contributed by atoms with Crippen molar-refractivity contribution < 1.29 is 23.1 Å². The number of carboxylic acid groups (broad SMARTS) is 1. The molecule has 1 N–H and O–H groups in total. The molecule has 0 atom stereocenters. The molecular formula is C23H17ClF3N3O2. The van der Waals surface area contributed by atoms with Crippen LogP contribution in [0.25, 0.3) is 22.2 Å². The molecule has 4 aromatic rings. The predicted octanol–water partition coefficient (Wildman–Crippen LogP) is 6.13. The Morgan fingerprint density at radius 1 is 1.09 bits per heavy atom. The number of aryl methyl sites for hydroxylation is 2. The summed E-state index contributed by atoms with van der Waals surface area (Å²) in [5.74, 6) is -0.336. The highest BCUT2D eigenvalue weighted by molar-refractivity contribution is 6.31. The fraction of sp³-hybridized carbons (Fsp3) is 0.174. The molecule has 0 amide bonds. The Morgan fingerprint density at radius 3 is 2.38 bits per heavy atom. The zero-order chi connectivity index (χ0) is 23.2. The van der Waals surface area contributed by atoms with Crippen molar-refractivity contribution >= 4 is 28.6 Å². The van der Waals surface area contributed by atoms with Crippen LogP contribution >= 0.6 is 11.6 Å². The number of imidazole rings is 1. The number of nitrogens with zero attached hydrogens (tertiary/aromatic N) is 3. The van der Waals surface area contributed by atoms with Gasteiger partial charge < -0.3 is 9.67 Å². The molecule has 2 aromatic heterocycles. The number of hydrogen-bond donors (Lipinski definition) is 1. The Labute approximate surface area is 186 Å². The van der Waals surface area contributed by atoms with Gasteiger partial charge in [-0.15, -0.1) is 0 Å². The van der Waals surface area contributed by atoms with Crippen LogP contribution in [-0.4, -0.2) is 25.6 Å². The van der Waals surface area contributed by atoms with E-state index in [0.717, 1.165) is 40.0 Å². The first-order chi connectivity index (χ1) is 15.0. The molecule has 2 aromatic carbocycles. The highest BCUT2D eigenvalue weighted by atomic mass is 35.5. The SMILES string of the molecule is Cc1cc(-c2ccc(C(=O)O)cc2)cc2c1nc(C)n2Cc1ncc(C(F)(F)F)cc1Cl. The lowest BCUT2D eigenvalue weighted by Gasteiger charge is -2.12. The number of benzene rings is 2. The highest BCUT2D eigenvalue weighted by Gasteiger charge is 2.31. The number of alkyl halides is 3. The van der Waals surface area contributed by atoms with Crippen LogP contribution in [0.4, 0.5) is 13.2 Å². The van der Waals surface area contributed by atoms with Gasteiger partial charge in [-0.05, 0) is 60.9 Å². The summed E-state index contributed by atoms with van der Waals surface area (Å²) in [7, 11) is 0. The van der Waals surface area contributed by atoms with E-state index in [1.165, 1.54) is 12.1 Å². The van der Waals surface area contributed by atoms with E-state index in [0.29, 0.717) is 11.5 Å². The Balaban J connectivity index is 1.77. The third-order valence-corrected chi connectivity index (χ3v) is 5.58. The summed E-state index contributed by atoms with van der Waals surface area (Å²) in [4.78, 5) is 19.7. The molecule has 2 heterocycles. The summed E-state index contributed by atoms with van der Waals surface area (Å²) in [6, 6.07) is 11.3. The van der Waals surface area contributed by atoms with E-state index in [-0.39, 0.29) is 17.1 Å². The smallest absolute Gasteiger partial charge is 0.417 e. The monoisotopic (exact) mass is 459 g/mol. The van der Waals surface area contributed by atoms with E-state index >= 15 is 0 Å². The summed E-state index contributed by atoms with van der Waals surface area (Å²) < 4.78 is 40.6. The van der Waals surface area contributed by atoms with Gasteiger partial charge in [-0.1, -0.05) is 23.7 Å². The average Bonchev–Trinajstić information content (AvgIpc) is 3.04. The third kappa shape index (κ3) is 4.05. The van der Waals surface area contributed by atoms with Crippen LogP contribution in [0.3, 0.4) is 0 Å². The van der Waals surface area contributed by atoms with Crippen molar-refractivity contribution in [2.45, 2.75) is 26.6 Å². The van der Waals surface area contributed by atoms with E-state index in [9.17, 15) is 18.0 Å². The number of rotatable bonds is 4. The molecule has 0 saturated heterocycles. The van der Waals surface area contributed by atoms with Crippen molar-refractivity contribution in [3.05, 3.63) is 81.9 Å². The van der Waals surface area contributed by atoms with E-state index in [2.05, 4.69) is 9.97 Å². The summed E-state index contributed by atoms with van der Waals surface area (Å²) in [6.07, 6.45) is -3.74. The van der Waals surface area contributed by atoms with Crippen LogP contribution in [-0.2, 0) is 12.7 Å². The molecular weight excluding hydrogens is 443 g/mol. The van der Waals surface area contributed by atoms with Gasteiger partial charge >= 0.3 is 12.1 Å². The van der Waals surface area contributed by atoms with Crippen LogP contribution < -0.4 is 0 Å². The number of carbonyl (C=O) groups is 1. The highest BCUT2D eigenvalue weighted by Crippen LogP contribution is 2.32. The largest absolute Gasteiger partial charge is 0.478 e. The fourth-order valence-electron chi connectivity index (χ4n) is 3.57.